The lowest BCUT2D eigenvalue weighted by Crippen LogP contribution is -2.34. The molecule has 118 valence electrons. The Bertz CT molecular complexity index is 569. The molecule has 5 nitrogen and oxygen atoms in total. The van der Waals surface area contributed by atoms with Crippen LogP contribution in [0.4, 0.5) is 0 Å². The first-order valence-corrected chi connectivity index (χ1v) is 8.03. The van der Waals surface area contributed by atoms with Crippen LogP contribution >= 0.6 is 0 Å². The maximum Gasteiger partial charge on any atom is 0.137 e. The number of nitrogens with zero attached hydrogens (tertiary/aromatic N) is 3. The fraction of sp³-hybridized carbons (Fsp3) is 0.529. The van der Waals surface area contributed by atoms with E-state index in [2.05, 4.69) is 25.9 Å². The minimum Gasteiger partial charge on any atom is -0.370 e. The third-order valence-corrected chi connectivity index (χ3v) is 4.28. The first kappa shape index (κ1) is 15.2. The van der Waals surface area contributed by atoms with E-state index in [0.717, 1.165) is 38.4 Å². The highest BCUT2D eigenvalue weighted by atomic mass is 16.5. The highest BCUT2D eigenvalue weighted by Gasteiger charge is 2.29. The van der Waals surface area contributed by atoms with Crippen LogP contribution in [-0.2, 0) is 18.2 Å². The summed E-state index contributed by atoms with van der Waals surface area (Å²) in [5.41, 5.74) is 1.27. The SMILES string of the molecule is Cn1ccnc1[C@@H]1OCCC[C@H]1CNCCc1cccnc1. The van der Waals surface area contributed by atoms with E-state index >= 15 is 0 Å². The van der Waals surface area contributed by atoms with Gasteiger partial charge in [0.15, 0.2) is 0 Å². The van der Waals surface area contributed by atoms with Crippen molar-refractivity contribution in [2.45, 2.75) is 25.4 Å². The quantitative estimate of drug-likeness (QED) is 0.830. The lowest BCUT2D eigenvalue weighted by molar-refractivity contribution is -0.0342. The molecule has 0 aliphatic carbocycles. The predicted octanol–water partition coefficient (Wildman–Crippen LogP) is 2.12. The molecule has 1 N–H and O–H groups in total. The summed E-state index contributed by atoms with van der Waals surface area (Å²) < 4.78 is 8.07. The van der Waals surface area contributed by atoms with E-state index in [-0.39, 0.29) is 6.10 Å². The van der Waals surface area contributed by atoms with Crippen molar-refractivity contribution < 1.29 is 4.74 Å². The summed E-state index contributed by atoms with van der Waals surface area (Å²) in [6.45, 7) is 2.77. The predicted molar refractivity (Wildman–Crippen MR) is 85.4 cm³/mol. The zero-order valence-corrected chi connectivity index (χ0v) is 13.1. The Balaban J connectivity index is 1.51. The molecule has 1 fully saturated rings. The van der Waals surface area contributed by atoms with Gasteiger partial charge in [-0.05, 0) is 37.4 Å². The van der Waals surface area contributed by atoms with E-state index in [1.807, 2.05) is 37.9 Å². The van der Waals surface area contributed by atoms with Crippen molar-refractivity contribution in [3.8, 4) is 0 Å². The van der Waals surface area contributed by atoms with Gasteiger partial charge in [0.1, 0.15) is 11.9 Å². The third kappa shape index (κ3) is 3.72. The Kier molecular flexibility index (Phi) is 5.19. The number of aryl methyl sites for hydroxylation is 1. The Labute approximate surface area is 131 Å². The Hall–Kier alpha value is -1.72. The van der Waals surface area contributed by atoms with Gasteiger partial charge in [0.2, 0.25) is 0 Å². The maximum atomic E-state index is 6.00. The van der Waals surface area contributed by atoms with Crippen molar-refractivity contribution in [1.82, 2.24) is 19.9 Å². The third-order valence-electron chi connectivity index (χ3n) is 4.28. The normalized spacial score (nSPS) is 21.9. The Morgan fingerprint density at radius 1 is 1.41 bits per heavy atom. The average Bonchev–Trinajstić information content (AvgIpc) is 2.99. The molecule has 0 saturated carbocycles. The summed E-state index contributed by atoms with van der Waals surface area (Å²) in [5, 5.41) is 3.57. The van der Waals surface area contributed by atoms with E-state index in [1.165, 1.54) is 12.0 Å². The number of pyridine rings is 1. The number of hydrogen-bond acceptors (Lipinski definition) is 4. The summed E-state index contributed by atoms with van der Waals surface area (Å²) in [6.07, 6.45) is 11.0. The molecular weight excluding hydrogens is 276 g/mol. The van der Waals surface area contributed by atoms with Gasteiger partial charge in [0.25, 0.3) is 0 Å². The van der Waals surface area contributed by atoms with E-state index in [4.69, 9.17) is 4.74 Å². The standard InChI is InChI=1S/C17H24N4O/c1-21-10-9-20-17(21)16-15(5-3-11-22-16)13-19-8-6-14-4-2-7-18-12-14/h2,4,7,9-10,12,15-16,19H,3,5-6,8,11,13H2,1H3/t15-,16+/m0/s1. The minimum absolute atomic E-state index is 0.111. The van der Waals surface area contributed by atoms with Crippen LogP contribution in [-0.4, -0.2) is 34.2 Å². The van der Waals surface area contributed by atoms with Crippen molar-refractivity contribution >= 4 is 0 Å². The summed E-state index contributed by atoms with van der Waals surface area (Å²) >= 11 is 0. The van der Waals surface area contributed by atoms with Gasteiger partial charge < -0.3 is 14.6 Å². The fourth-order valence-electron chi connectivity index (χ4n) is 3.06. The summed E-state index contributed by atoms with van der Waals surface area (Å²) in [7, 11) is 2.03. The van der Waals surface area contributed by atoms with Gasteiger partial charge in [-0.15, -0.1) is 0 Å². The average molecular weight is 300 g/mol. The molecule has 0 aromatic carbocycles. The molecule has 0 unspecified atom stereocenters. The molecule has 0 amide bonds. The van der Waals surface area contributed by atoms with Gasteiger partial charge >= 0.3 is 0 Å². The van der Waals surface area contributed by atoms with Crippen LogP contribution in [0.3, 0.4) is 0 Å². The monoisotopic (exact) mass is 300 g/mol. The smallest absolute Gasteiger partial charge is 0.137 e. The number of hydrogen-bond donors (Lipinski definition) is 1. The molecule has 1 aliphatic rings. The van der Waals surface area contributed by atoms with Gasteiger partial charge in [-0.1, -0.05) is 6.07 Å². The number of ether oxygens (including phenoxy) is 1. The number of rotatable bonds is 6. The van der Waals surface area contributed by atoms with E-state index < -0.39 is 0 Å². The van der Waals surface area contributed by atoms with E-state index in [1.54, 1.807) is 0 Å². The maximum absolute atomic E-state index is 6.00. The molecular formula is C17H24N4O. The van der Waals surface area contributed by atoms with Crippen LogP contribution in [0.1, 0.15) is 30.3 Å². The highest BCUT2D eigenvalue weighted by Crippen LogP contribution is 2.31. The van der Waals surface area contributed by atoms with Gasteiger partial charge in [-0.25, -0.2) is 4.98 Å². The molecule has 0 bridgehead atoms. The second kappa shape index (κ2) is 7.51. The van der Waals surface area contributed by atoms with Crippen molar-refractivity contribution in [2.75, 3.05) is 19.7 Å². The van der Waals surface area contributed by atoms with Crippen molar-refractivity contribution in [2.24, 2.45) is 13.0 Å². The lowest BCUT2D eigenvalue weighted by atomic mass is 9.93. The summed E-state index contributed by atoms with van der Waals surface area (Å²) in [5.74, 6) is 1.53. The molecule has 2 atom stereocenters. The topological polar surface area (TPSA) is 52.0 Å². The molecule has 22 heavy (non-hydrogen) atoms. The fourth-order valence-corrected chi connectivity index (χ4v) is 3.06. The molecule has 0 spiro atoms. The van der Waals surface area contributed by atoms with Gasteiger partial charge in [0.05, 0.1) is 0 Å². The molecule has 2 aromatic heterocycles. The molecule has 2 aromatic rings. The number of aromatic nitrogens is 3. The van der Waals surface area contributed by atoms with E-state index in [0.29, 0.717) is 5.92 Å². The second-order valence-electron chi connectivity index (χ2n) is 5.91. The molecule has 3 rings (SSSR count). The first-order valence-electron chi connectivity index (χ1n) is 8.03. The van der Waals surface area contributed by atoms with Crippen molar-refractivity contribution in [3.05, 3.63) is 48.3 Å². The van der Waals surface area contributed by atoms with Crippen LogP contribution in [0.2, 0.25) is 0 Å². The van der Waals surface area contributed by atoms with Crippen molar-refractivity contribution in [3.63, 3.8) is 0 Å². The Morgan fingerprint density at radius 3 is 3.14 bits per heavy atom. The molecule has 3 heterocycles. The number of imidazole rings is 1. The first-order chi connectivity index (χ1) is 10.8. The lowest BCUT2D eigenvalue weighted by Gasteiger charge is -2.31. The minimum atomic E-state index is 0.111. The zero-order chi connectivity index (χ0) is 15.2. The second-order valence-corrected chi connectivity index (χ2v) is 5.91. The van der Waals surface area contributed by atoms with Crippen molar-refractivity contribution in [1.29, 1.82) is 0 Å². The van der Waals surface area contributed by atoms with Crippen LogP contribution in [0.15, 0.2) is 36.9 Å². The molecule has 1 aliphatic heterocycles. The van der Waals surface area contributed by atoms with Crippen LogP contribution in [0, 0.1) is 5.92 Å². The zero-order valence-electron chi connectivity index (χ0n) is 13.1. The van der Waals surface area contributed by atoms with E-state index in [9.17, 15) is 0 Å². The number of nitrogens with one attached hydrogen (secondary N) is 1. The van der Waals surface area contributed by atoms with Gasteiger partial charge in [-0.3, -0.25) is 4.98 Å². The molecule has 5 heteroatoms. The summed E-state index contributed by atoms with van der Waals surface area (Å²) in [4.78, 5) is 8.62. The Morgan fingerprint density at radius 2 is 2.36 bits per heavy atom. The van der Waals surface area contributed by atoms with Crippen LogP contribution in [0.25, 0.3) is 0 Å². The highest BCUT2D eigenvalue weighted by molar-refractivity contribution is 5.08. The van der Waals surface area contributed by atoms with Gasteiger partial charge in [0, 0.05) is 50.9 Å². The summed E-state index contributed by atoms with van der Waals surface area (Å²) in [6, 6.07) is 4.11. The molecule has 0 radical (unpaired) electrons. The molecule has 1 saturated heterocycles. The van der Waals surface area contributed by atoms with Crippen LogP contribution in [0.5, 0.6) is 0 Å². The largest absolute Gasteiger partial charge is 0.370 e. The van der Waals surface area contributed by atoms with Gasteiger partial charge in [-0.2, -0.15) is 0 Å². The van der Waals surface area contributed by atoms with Crippen LogP contribution < -0.4 is 5.32 Å².